The molecule has 6 heteroatoms. The number of nitrogens with one attached hydrogen (secondary N) is 1. The van der Waals surface area contributed by atoms with Crippen LogP contribution in [-0.4, -0.2) is 40.1 Å². The lowest BCUT2D eigenvalue weighted by molar-refractivity contribution is -0.134. The molecule has 0 aromatic carbocycles. The van der Waals surface area contributed by atoms with Crippen molar-refractivity contribution >= 4 is 11.8 Å². The van der Waals surface area contributed by atoms with Crippen molar-refractivity contribution in [3.05, 3.63) is 18.0 Å². The van der Waals surface area contributed by atoms with Gasteiger partial charge in [0.05, 0.1) is 24.7 Å². The average Bonchev–Trinajstić information content (AvgIpc) is 2.87. The van der Waals surface area contributed by atoms with Crippen LogP contribution in [-0.2, 0) is 16.1 Å². The van der Waals surface area contributed by atoms with Crippen LogP contribution < -0.4 is 5.32 Å². The normalized spacial score (nSPS) is 18.0. The molecule has 0 unspecified atom stereocenters. The highest BCUT2D eigenvalue weighted by Gasteiger charge is 2.29. The van der Waals surface area contributed by atoms with Crippen molar-refractivity contribution in [3.63, 3.8) is 0 Å². The van der Waals surface area contributed by atoms with Crippen LogP contribution in [0.3, 0.4) is 0 Å². The molecule has 0 bridgehead atoms. The number of carbonyl (C=O) groups is 2. The molecule has 1 N–H and O–H groups in total. The summed E-state index contributed by atoms with van der Waals surface area (Å²) in [5.74, 6) is 0.119. The first-order valence-electron chi connectivity index (χ1n) is 6.66. The van der Waals surface area contributed by atoms with Crippen LogP contribution in [0.5, 0.6) is 0 Å². The summed E-state index contributed by atoms with van der Waals surface area (Å²) in [6.45, 7) is 3.14. The Balaban J connectivity index is 2.15. The van der Waals surface area contributed by atoms with Crippen LogP contribution in [0.4, 0.5) is 0 Å². The molecule has 6 nitrogen and oxygen atoms in total. The number of rotatable bonds is 4. The summed E-state index contributed by atoms with van der Waals surface area (Å²) in [5.41, 5.74) is 0.990. The fourth-order valence-electron chi connectivity index (χ4n) is 2.42. The van der Waals surface area contributed by atoms with Gasteiger partial charge in [-0.3, -0.25) is 14.3 Å². The Morgan fingerprint density at radius 1 is 1.53 bits per heavy atom. The third-order valence-electron chi connectivity index (χ3n) is 3.40. The zero-order valence-electron chi connectivity index (χ0n) is 11.4. The standard InChI is InChI=1S/C13H20N4O2/c1-3-4-13(19)16-8-10-5-6-15-17(10)11(9-16)7-12(18)14-2/h5-6,11H,3-4,7-9H2,1-2H3,(H,14,18)/t11-/m1/s1. The van der Waals surface area contributed by atoms with Crippen molar-refractivity contribution in [2.24, 2.45) is 0 Å². The summed E-state index contributed by atoms with van der Waals surface area (Å²) in [5, 5.41) is 6.89. The summed E-state index contributed by atoms with van der Waals surface area (Å²) in [7, 11) is 1.62. The molecule has 2 rings (SSSR count). The highest BCUT2D eigenvalue weighted by atomic mass is 16.2. The van der Waals surface area contributed by atoms with E-state index in [4.69, 9.17) is 0 Å². The first-order chi connectivity index (χ1) is 9.15. The predicted molar refractivity (Wildman–Crippen MR) is 70.3 cm³/mol. The molecular weight excluding hydrogens is 244 g/mol. The maximum Gasteiger partial charge on any atom is 0.222 e. The Labute approximate surface area is 112 Å². The number of nitrogens with zero attached hydrogens (tertiary/aromatic N) is 3. The monoisotopic (exact) mass is 264 g/mol. The highest BCUT2D eigenvalue weighted by molar-refractivity contribution is 5.77. The molecule has 2 heterocycles. The first-order valence-corrected chi connectivity index (χ1v) is 6.66. The molecule has 1 aliphatic heterocycles. The smallest absolute Gasteiger partial charge is 0.222 e. The van der Waals surface area contributed by atoms with Crippen LogP contribution >= 0.6 is 0 Å². The van der Waals surface area contributed by atoms with Crippen LogP contribution in [0, 0.1) is 0 Å². The molecule has 1 aromatic rings. The Morgan fingerprint density at radius 3 is 3.00 bits per heavy atom. The van der Waals surface area contributed by atoms with Gasteiger partial charge >= 0.3 is 0 Å². The van der Waals surface area contributed by atoms with Crippen molar-refractivity contribution < 1.29 is 9.59 Å². The summed E-state index contributed by atoms with van der Waals surface area (Å²) < 4.78 is 1.87. The summed E-state index contributed by atoms with van der Waals surface area (Å²) in [4.78, 5) is 25.4. The third kappa shape index (κ3) is 2.94. The lowest BCUT2D eigenvalue weighted by Crippen LogP contribution is -2.42. The fraction of sp³-hybridized carbons (Fsp3) is 0.615. The lowest BCUT2D eigenvalue weighted by atomic mass is 10.1. The molecule has 1 atom stereocenters. The second-order valence-corrected chi connectivity index (χ2v) is 4.82. The fourth-order valence-corrected chi connectivity index (χ4v) is 2.42. The Morgan fingerprint density at radius 2 is 2.32 bits per heavy atom. The lowest BCUT2D eigenvalue weighted by Gasteiger charge is -2.33. The van der Waals surface area contributed by atoms with E-state index < -0.39 is 0 Å². The molecule has 0 fully saturated rings. The second kappa shape index (κ2) is 5.86. The zero-order chi connectivity index (χ0) is 13.8. The van der Waals surface area contributed by atoms with Gasteiger partial charge in [0.25, 0.3) is 0 Å². The molecule has 1 aromatic heterocycles. The van der Waals surface area contributed by atoms with Gasteiger partial charge in [-0.05, 0) is 12.5 Å². The van der Waals surface area contributed by atoms with E-state index in [1.54, 1.807) is 13.2 Å². The van der Waals surface area contributed by atoms with Gasteiger partial charge in [0.2, 0.25) is 11.8 Å². The predicted octanol–water partition coefficient (Wildman–Crippen LogP) is 0.703. The zero-order valence-corrected chi connectivity index (χ0v) is 11.4. The average molecular weight is 264 g/mol. The van der Waals surface area contributed by atoms with Crippen molar-refractivity contribution in [2.45, 2.75) is 38.8 Å². The number of carbonyl (C=O) groups excluding carboxylic acids is 2. The molecule has 19 heavy (non-hydrogen) atoms. The van der Waals surface area contributed by atoms with Crippen molar-refractivity contribution in [2.75, 3.05) is 13.6 Å². The van der Waals surface area contributed by atoms with Crippen LogP contribution in [0.1, 0.15) is 37.9 Å². The first kappa shape index (κ1) is 13.6. The van der Waals surface area contributed by atoms with Gasteiger partial charge in [-0.15, -0.1) is 0 Å². The van der Waals surface area contributed by atoms with Crippen LogP contribution in [0.15, 0.2) is 12.3 Å². The van der Waals surface area contributed by atoms with E-state index >= 15 is 0 Å². The quantitative estimate of drug-likeness (QED) is 0.870. The van der Waals surface area contributed by atoms with Gasteiger partial charge in [0.15, 0.2) is 0 Å². The number of aromatic nitrogens is 2. The minimum Gasteiger partial charge on any atom is -0.359 e. The topological polar surface area (TPSA) is 67.2 Å². The van der Waals surface area contributed by atoms with E-state index in [9.17, 15) is 9.59 Å². The van der Waals surface area contributed by atoms with E-state index in [1.807, 2.05) is 22.6 Å². The van der Waals surface area contributed by atoms with Crippen LogP contribution in [0.25, 0.3) is 0 Å². The van der Waals surface area contributed by atoms with Gasteiger partial charge in [0, 0.05) is 26.2 Å². The van der Waals surface area contributed by atoms with Gasteiger partial charge in [0.1, 0.15) is 0 Å². The number of hydrogen-bond donors (Lipinski definition) is 1. The molecule has 1 aliphatic rings. The second-order valence-electron chi connectivity index (χ2n) is 4.82. The van der Waals surface area contributed by atoms with Gasteiger partial charge in [-0.25, -0.2) is 0 Å². The number of fused-ring (bicyclic) bond motifs is 1. The van der Waals surface area contributed by atoms with Gasteiger partial charge < -0.3 is 10.2 Å². The Kier molecular flexibility index (Phi) is 4.19. The minimum atomic E-state index is -0.0699. The Hall–Kier alpha value is -1.85. The van der Waals surface area contributed by atoms with E-state index in [0.717, 1.165) is 12.1 Å². The molecule has 104 valence electrons. The van der Waals surface area contributed by atoms with E-state index in [0.29, 0.717) is 25.9 Å². The number of hydrogen-bond acceptors (Lipinski definition) is 3. The summed E-state index contributed by atoms with van der Waals surface area (Å²) in [6, 6.07) is 1.84. The van der Waals surface area contributed by atoms with E-state index in [1.165, 1.54) is 0 Å². The molecule has 0 saturated carbocycles. The highest BCUT2D eigenvalue weighted by Crippen LogP contribution is 2.23. The largest absolute Gasteiger partial charge is 0.359 e. The minimum absolute atomic E-state index is 0.0313. The van der Waals surface area contributed by atoms with Crippen LogP contribution in [0.2, 0.25) is 0 Å². The maximum absolute atomic E-state index is 12.0. The van der Waals surface area contributed by atoms with Crippen molar-refractivity contribution in [1.82, 2.24) is 20.0 Å². The Bertz CT molecular complexity index is 469. The number of amides is 2. The molecule has 0 saturated heterocycles. The molecular formula is C13H20N4O2. The van der Waals surface area contributed by atoms with Gasteiger partial charge in [-0.1, -0.05) is 6.92 Å². The molecule has 2 amide bonds. The maximum atomic E-state index is 12.0. The summed E-state index contributed by atoms with van der Waals surface area (Å²) >= 11 is 0. The van der Waals surface area contributed by atoms with Crippen molar-refractivity contribution in [3.8, 4) is 0 Å². The molecule has 0 radical (unpaired) electrons. The van der Waals surface area contributed by atoms with Gasteiger partial charge in [-0.2, -0.15) is 5.10 Å². The van der Waals surface area contributed by atoms with E-state index in [2.05, 4.69) is 10.4 Å². The molecule has 0 spiro atoms. The third-order valence-corrected chi connectivity index (χ3v) is 3.40. The SMILES string of the molecule is CCCC(=O)N1Cc2ccnn2[C@H](CC(=O)NC)C1. The molecule has 0 aliphatic carbocycles. The van der Waals surface area contributed by atoms with Crippen molar-refractivity contribution in [1.29, 1.82) is 0 Å². The summed E-state index contributed by atoms with van der Waals surface area (Å²) in [6.07, 6.45) is 3.47. The van der Waals surface area contributed by atoms with E-state index in [-0.39, 0.29) is 17.9 Å².